The molecule has 0 radical (unpaired) electrons. The third kappa shape index (κ3) is 7.26. The van der Waals surface area contributed by atoms with E-state index in [0.717, 1.165) is 0 Å². The molecule has 0 aromatic rings. The predicted octanol–water partition coefficient (Wildman–Crippen LogP) is -2.00. The van der Waals surface area contributed by atoms with Crippen LogP contribution in [0.5, 0.6) is 0 Å². The van der Waals surface area contributed by atoms with Gasteiger partial charge in [-0.25, -0.2) is 0 Å². The van der Waals surface area contributed by atoms with Gasteiger partial charge in [0.15, 0.2) is 18.9 Å². The second kappa shape index (κ2) is 12.1. The van der Waals surface area contributed by atoms with Gasteiger partial charge in [0.25, 0.3) is 0 Å². The van der Waals surface area contributed by atoms with Crippen LogP contribution in [0, 0.1) is 17.8 Å². The van der Waals surface area contributed by atoms with Crippen molar-refractivity contribution >= 4 is 0 Å². The molecule has 6 N–H and O–H groups in total. The summed E-state index contributed by atoms with van der Waals surface area (Å²) >= 11 is 0. The topological polar surface area (TPSA) is 149 Å². The Kier molecular flexibility index (Phi) is 10.9. The molecular formula is C15H30O9. The summed E-state index contributed by atoms with van der Waals surface area (Å²) < 4.78 is 16.9. The summed E-state index contributed by atoms with van der Waals surface area (Å²) in [5.74, 6) is -1.23. The Bertz CT molecular complexity index is 252. The lowest BCUT2D eigenvalue weighted by Crippen LogP contribution is -2.44. The van der Waals surface area contributed by atoms with Crippen molar-refractivity contribution in [1.82, 2.24) is 0 Å². The Morgan fingerprint density at radius 3 is 0.833 bits per heavy atom. The van der Waals surface area contributed by atoms with E-state index >= 15 is 0 Å². The first-order chi connectivity index (χ1) is 11.6. The molecule has 0 bridgehead atoms. The zero-order chi connectivity index (χ0) is 17.9. The highest BCUT2D eigenvalue weighted by Crippen LogP contribution is 2.27. The van der Waals surface area contributed by atoms with Crippen LogP contribution in [0.15, 0.2) is 0 Å². The van der Waals surface area contributed by atoms with Crippen LogP contribution in [-0.2, 0) is 14.2 Å². The third-order valence-electron chi connectivity index (χ3n) is 4.04. The molecule has 0 saturated carbocycles. The van der Waals surface area contributed by atoms with E-state index < -0.39 is 36.6 Å². The molecule has 9 nitrogen and oxygen atoms in total. The van der Waals surface area contributed by atoms with Crippen LogP contribution >= 0.6 is 0 Å². The van der Waals surface area contributed by atoms with Gasteiger partial charge in [-0.3, -0.25) is 0 Å². The quantitative estimate of drug-likeness (QED) is 0.234. The largest absolute Gasteiger partial charge is 0.396 e. The van der Waals surface area contributed by atoms with Gasteiger partial charge < -0.3 is 44.8 Å². The van der Waals surface area contributed by atoms with Crippen molar-refractivity contribution < 1.29 is 44.8 Å². The minimum atomic E-state index is -0.742. The summed E-state index contributed by atoms with van der Waals surface area (Å²) in [6.07, 6.45) is -1.49. The van der Waals surface area contributed by atoms with E-state index in [0.29, 0.717) is 0 Å². The second-order valence-electron chi connectivity index (χ2n) is 6.10. The van der Waals surface area contributed by atoms with Gasteiger partial charge in [0.05, 0.1) is 0 Å². The highest BCUT2D eigenvalue weighted by atomic mass is 16.9. The summed E-state index contributed by atoms with van der Waals surface area (Å²) in [4.78, 5) is 0. The molecule has 9 heteroatoms. The zero-order valence-electron chi connectivity index (χ0n) is 13.7. The molecule has 1 saturated heterocycles. The number of hydrogen-bond acceptors (Lipinski definition) is 9. The van der Waals surface area contributed by atoms with Crippen molar-refractivity contribution in [3.05, 3.63) is 0 Å². The van der Waals surface area contributed by atoms with Crippen LogP contribution in [0.3, 0.4) is 0 Å². The molecule has 0 atom stereocenters. The number of ether oxygens (including phenoxy) is 3. The lowest BCUT2D eigenvalue weighted by atomic mass is 10.1. The van der Waals surface area contributed by atoms with Crippen molar-refractivity contribution in [3.63, 3.8) is 0 Å². The lowest BCUT2D eigenvalue weighted by Gasteiger charge is -2.38. The number of rotatable bonds is 12. The first-order valence-corrected chi connectivity index (χ1v) is 8.21. The molecule has 144 valence electrons. The number of aliphatic hydroxyl groups excluding tert-OH is 6. The van der Waals surface area contributed by atoms with Crippen molar-refractivity contribution in [2.24, 2.45) is 17.8 Å². The maximum absolute atomic E-state index is 9.20. The SMILES string of the molecule is OCC(CO)CC1OC(CC(CO)CO)OC(CC(CO)CO)O1. The van der Waals surface area contributed by atoms with Gasteiger partial charge in [-0.2, -0.15) is 0 Å². The van der Waals surface area contributed by atoms with E-state index in [4.69, 9.17) is 14.2 Å². The molecule has 0 amide bonds. The van der Waals surface area contributed by atoms with Crippen LogP contribution < -0.4 is 0 Å². The van der Waals surface area contributed by atoms with Crippen molar-refractivity contribution in [2.45, 2.75) is 38.1 Å². The average molecular weight is 354 g/mol. The van der Waals surface area contributed by atoms with Crippen LogP contribution in [0.1, 0.15) is 19.3 Å². The zero-order valence-corrected chi connectivity index (χ0v) is 13.7. The van der Waals surface area contributed by atoms with Crippen molar-refractivity contribution in [2.75, 3.05) is 39.6 Å². The molecular weight excluding hydrogens is 324 g/mol. The Morgan fingerprint density at radius 2 is 0.667 bits per heavy atom. The Morgan fingerprint density at radius 1 is 0.458 bits per heavy atom. The van der Waals surface area contributed by atoms with E-state index in [2.05, 4.69) is 0 Å². The molecule has 1 rings (SSSR count). The van der Waals surface area contributed by atoms with E-state index in [9.17, 15) is 30.6 Å². The minimum absolute atomic E-state index is 0.221. The monoisotopic (exact) mass is 354 g/mol. The fourth-order valence-corrected chi connectivity index (χ4v) is 2.37. The highest BCUT2D eigenvalue weighted by Gasteiger charge is 2.34. The van der Waals surface area contributed by atoms with Gasteiger partial charge in [-0.1, -0.05) is 0 Å². The maximum atomic E-state index is 9.20. The molecule has 0 aliphatic carbocycles. The van der Waals surface area contributed by atoms with Gasteiger partial charge in [0, 0.05) is 76.7 Å². The van der Waals surface area contributed by atoms with Gasteiger partial charge in [-0.05, 0) is 0 Å². The first kappa shape index (κ1) is 21.7. The predicted molar refractivity (Wildman–Crippen MR) is 81.5 cm³/mol. The summed E-state index contributed by atoms with van der Waals surface area (Å²) in [5.41, 5.74) is 0. The fraction of sp³-hybridized carbons (Fsp3) is 1.00. The summed E-state index contributed by atoms with van der Waals surface area (Å²) in [6, 6.07) is 0. The van der Waals surface area contributed by atoms with Crippen LogP contribution in [0.4, 0.5) is 0 Å². The number of aliphatic hydroxyl groups is 6. The van der Waals surface area contributed by atoms with Gasteiger partial charge in [0.2, 0.25) is 0 Å². The van der Waals surface area contributed by atoms with E-state index in [1.165, 1.54) is 0 Å². The average Bonchev–Trinajstić information content (AvgIpc) is 2.61. The van der Waals surface area contributed by atoms with Crippen LogP contribution in [0.25, 0.3) is 0 Å². The second-order valence-corrected chi connectivity index (χ2v) is 6.10. The summed E-state index contributed by atoms with van der Waals surface area (Å²) in [7, 11) is 0. The lowest BCUT2D eigenvalue weighted by molar-refractivity contribution is -0.392. The van der Waals surface area contributed by atoms with Crippen LogP contribution in [-0.4, -0.2) is 89.2 Å². The van der Waals surface area contributed by atoms with Gasteiger partial charge >= 0.3 is 0 Å². The molecule has 0 spiro atoms. The van der Waals surface area contributed by atoms with Gasteiger partial charge in [0.1, 0.15) is 0 Å². The molecule has 0 unspecified atom stereocenters. The highest BCUT2D eigenvalue weighted by molar-refractivity contribution is 4.69. The van der Waals surface area contributed by atoms with E-state index in [1.807, 2.05) is 0 Å². The molecule has 1 heterocycles. The first-order valence-electron chi connectivity index (χ1n) is 8.21. The fourth-order valence-electron chi connectivity index (χ4n) is 2.37. The Labute approximate surface area is 141 Å². The van der Waals surface area contributed by atoms with E-state index in [-0.39, 0.29) is 58.9 Å². The normalized spacial score (nSPS) is 25.1. The van der Waals surface area contributed by atoms with Crippen molar-refractivity contribution in [1.29, 1.82) is 0 Å². The summed E-state index contributed by atoms with van der Waals surface area (Å²) in [6.45, 7) is -1.32. The number of hydrogen-bond donors (Lipinski definition) is 6. The molecule has 1 fully saturated rings. The molecule has 0 aromatic carbocycles. The Hall–Kier alpha value is -0.360. The van der Waals surface area contributed by atoms with Crippen LogP contribution in [0.2, 0.25) is 0 Å². The summed E-state index contributed by atoms with van der Waals surface area (Å²) in [5, 5.41) is 55.2. The molecule has 1 aliphatic heterocycles. The molecule has 0 aromatic heterocycles. The smallest absolute Gasteiger partial charge is 0.164 e. The molecule has 24 heavy (non-hydrogen) atoms. The minimum Gasteiger partial charge on any atom is -0.396 e. The third-order valence-corrected chi connectivity index (χ3v) is 4.04. The standard InChI is InChI=1S/C15H30O9/c16-4-10(5-17)1-13-22-14(2-11(6-18)7-19)24-15(23-13)3-12(8-20)9-21/h10-21H,1-9H2. The van der Waals surface area contributed by atoms with Crippen molar-refractivity contribution in [3.8, 4) is 0 Å². The Balaban J connectivity index is 2.69. The molecule has 1 aliphatic rings. The van der Waals surface area contributed by atoms with Gasteiger partial charge in [-0.15, -0.1) is 0 Å². The maximum Gasteiger partial charge on any atom is 0.164 e. The van der Waals surface area contributed by atoms with E-state index in [1.54, 1.807) is 0 Å².